The summed E-state index contributed by atoms with van der Waals surface area (Å²) in [6.07, 6.45) is 3.55. The number of rotatable bonds is 2. The molecule has 0 atom stereocenters. The van der Waals surface area contributed by atoms with Crippen molar-refractivity contribution in [1.29, 1.82) is 5.26 Å². The summed E-state index contributed by atoms with van der Waals surface area (Å²) in [6.45, 7) is 1.72. The number of fused-ring (bicyclic) bond motifs is 1. The molecule has 112 valence electrons. The van der Waals surface area contributed by atoms with E-state index in [4.69, 9.17) is 5.26 Å². The maximum atomic E-state index is 12.3. The van der Waals surface area contributed by atoms with Gasteiger partial charge in [-0.2, -0.15) is 5.26 Å². The van der Waals surface area contributed by atoms with Crippen LogP contribution in [0.3, 0.4) is 0 Å². The first kappa shape index (κ1) is 14.8. The Hall–Kier alpha value is -2.13. The van der Waals surface area contributed by atoms with Crippen molar-refractivity contribution in [2.75, 3.05) is 13.1 Å². The summed E-state index contributed by atoms with van der Waals surface area (Å²) in [5, 5.41) is 9.59. The lowest BCUT2D eigenvalue weighted by molar-refractivity contribution is -0.130. The minimum absolute atomic E-state index is 0.0225. The molecule has 6 heteroatoms. The molecule has 2 aromatic rings. The third kappa shape index (κ3) is 2.64. The molecule has 1 aliphatic heterocycles. The number of carbonyl (C=O) groups is 1. The number of likely N-dealkylation sites (tertiary alicyclic amines) is 1. The number of nitriles is 1. The van der Waals surface area contributed by atoms with E-state index in [1.54, 1.807) is 16.7 Å². The van der Waals surface area contributed by atoms with Crippen LogP contribution in [-0.2, 0) is 11.3 Å². The molecule has 0 radical (unpaired) electrons. The van der Waals surface area contributed by atoms with Crippen LogP contribution in [0.2, 0.25) is 0 Å². The summed E-state index contributed by atoms with van der Waals surface area (Å²) >= 11 is 3.34. The minimum atomic E-state index is -0.302. The number of benzene rings is 1. The Morgan fingerprint density at radius 3 is 2.73 bits per heavy atom. The first-order chi connectivity index (χ1) is 10.6. The van der Waals surface area contributed by atoms with Crippen LogP contribution in [0.4, 0.5) is 0 Å². The van der Waals surface area contributed by atoms with E-state index in [2.05, 4.69) is 15.9 Å². The molecule has 1 aromatic heterocycles. The smallest absolute Gasteiger partial charge is 0.242 e. The number of halogens is 1. The Bertz CT molecular complexity index is 845. The van der Waals surface area contributed by atoms with Gasteiger partial charge in [-0.15, -0.1) is 0 Å². The topological polar surface area (TPSA) is 66.1 Å². The summed E-state index contributed by atoms with van der Waals surface area (Å²) in [4.78, 5) is 26.4. The van der Waals surface area contributed by atoms with Crippen molar-refractivity contribution in [2.24, 2.45) is 0 Å². The highest BCUT2D eigenvalue weighted by atomic mass is 79.9. The van der Waals surface area contributed by atoms with E-state index in [0.717, 1.165) is 30.4 Å². The number of carbonyl (C=O) groups excluding carboxylic acids is 1. The maximum Gasteiger partial charge on any atom is 0.242 e. The van der Waals surface area contributed by atoms with E-state index in [-0.39, 0.29) is 23.4 Å². The average Bonchev–Trinajstić information content (AvgIpc) is 3.04. The Morgan fingerprint density at radius 2 is 2.05 bits per heavy atom. The number of hydrogen-bond donors (Lipinski definition) is 0. The highest BCUT2D eigenvalue weighted by molar-refractivity contribution is 9.10. The number of hydrogen-bond acceptors (Lipinski definition) is 3. The SMILES string of the molecule is N#Cc1cn(CC(=O)N2CCCC2)c2ccc(Br)cc2c1=O. The maximum absolute atomic E-state index is 12.3. The molecule has 1 fully saturated rings. The summed E-state index contributed by atoms with van der Waals surface area (Å²) < 4.78 is 2.46. The predicted molar refractivity (Wildman–Crippen MR) is 86.4 cm³/mol. The van der Waals surface area contributed by atoms with E-state index < -0.39 is 0 Å². The van der Waals surface area contributed by atoms with Crippen molar-refractivity contribution in [3.63, 3.8) is 0 Å². The fourth-order valence-electron chi connectivity index (χ4n) is 2.79. The summed E-state index contributed by atoms with van der Waals surface area (Å²) in [6, 6.07) is 7.22. The first-order valence-electron chi connectivity index (χ1n) is 7.11. The van der Waals surface area contributed by atoms with Gasteiger partial charge in [-0.25, -0.2) is 0 Å². The van der Waals surface area contributed by atoms with Crippen molar-refractivity contribution in [3.05, 3.63) is 44.7 Å². The molecule has 0 unspecified atom stereocenters. The number of nitrogens with zero attached hydrogens (tertiary/aromatic N) is 3. The van der Waals surface area contributed by atoms with Gasteiger partial charge in [-0.05, 0) is 31.0 Å². The van der Waals surface area contributed by atoms with Gasteiger partial charge < -0.3 is 9.47 Å². The Morgan fingerprint density at radius 1 is 1.32 bits per heavy atom. The highest BCUT2D eigenvalue weighted by Crippen LogP contribution is 2.18. The molecule has 2 heterocycles. The standard InChI is InChI=1S/C16H14BrN3O2/c17-12-3-4-14-13(7-12)16(22)11(8-18)9-20(14)10-15(21)19-5-1-2-6-19/h3-4,7,9H,1-2,5-6,10H2. The van der Waals surface area contributed by atoms with E-state index in [1.165, 1.54) is 6.20 Å². The summed E-state index contributed by atoms with van der Waals surface area (Å²) in [5.74, 6) is 0.0225. The molecule has 0 bridgehead atoms. The van der Waals surface area contributed by atoms with Crippen molar-refractivity contribution < 1.29 is 4.79 Å². The minimum Gasteiger partial charge on any atom is -0.341 e. The van der Waals surface area contributed by atoms with Gasteiger partial charge >= 0.3 is 0 Å². The van der Waals surface area contributed by atoms with E-state index in [9.17, 15) is 9.59 Å². The van der Waals surface area contributed by atoms with Gasteiger partial charge in [0.25, 0.3) is 0 Å². The molecule has 5 nitrogen and oxygen atoms in total. The van der Waals surface area contributed by atoms with Gasteiger partial charge in [-0.1, -0.05) is 15.9 Å². The van der Waals surface area contributed by atoms with Crippen LogP contribution in [0.15, 0.2) is 33.7 Å². The molecule has 1 saturated heterocycles. The molecular formula is C16H14BrN3O2. The van der Waals surface area contributed by atoms with Crippen LogP contribution >= 0.6 is 15.9 Å². The highest BCUT2D eigenvalue weighted by Gasteiger charge is 2.19. The van der Waals surface area contributed by atoms with Crippen LogP contribution in [0.1, 0.15) is 18.4 Å². The average molecular weight is 360 g/mol. The normalized spacial score (nSPS) is 14.3. The quantitative estimate of drug-likeness (QED) is 0.825. The lowest BCUT2D eigenvalue weighted by Crippen LogP contribution is -2.31. The lowest BCUT2D eigenvalue weighted by atomic mass is 10.1. The van der Waals surface area contributed by atoms with Gasteiger partial charge in [-0.3, -0.25) is 9.59 Å². The van der Waals surface area contributed by atoms with E-state index in [0.29, 0.717) is 10.9 Å². The summed E-state index contributed by atoms with van der Waals surface area (Å²) in [7, 11) is 0. The Kier molecular flexibility index (Phi) is 3.99. The van der Waals surface area contributed by atoms with E-state index >= 15 is 0 Å². The van der Waals surface area contributed by atoms with Gasteiger partial charge in [0.05, 0.1) is 5.52 Å². The second-order valence-electron chi connectivity index (χ2n) is 5.36. The van der Waals surface area contributed by atoms with Crippen LogP contribution in [0.25, 0.3) is 10.9 Å². The van der Waals surface area contributed by atoms with Crippen molar-refractivity contribution >= 4 is 32.7 Å². The predicted octanol–water partition coefficient (Wildman–Crippen LogP) is 2.26. The number of pyridine rings is 1. The van der Waals surface area contributed by atoms with Gasteiger partial charge in [0, 0.05) is 29.1 Å². The van der Waals surface area contributed by atoms with Crippen molar-refractivity contribution in [2.45, 2.75) is 19.4 Å². The molecule has 3 rings (SSSR count). The van der Waals surface area contributed by atoms with Crippen LogP contribution in [-0.4, -0.2) is 28.5 Å². The van der Waals surface area contributed by atoms with Crippen LogP contribution in [0, 0.1) is 11.3 Å². The Labute approximate surface area is 135 Å². The molecule has 1 aromatic carbocycles. The third-order valence-corrected chi connectivity index (χ3v) is 4.42. The summed E-state index contributed by atoms with van der Waals surface area (Å²) in [5.41, 5.74) is 0.420. The molecule has 0 spiro atoms. The van der Waals surface area contributed by atoms with Crippen molar-refractivity contribution in [3.8, 4) is 6.07 Å². The second kappa shape index (κ2) is 5.93. The molecule has 0 saturated carbocycles. The first-order valence-corrected chi connectivity index (χ1v) is 7.90. The molecule has 1 aliphatic rings. The molecule has 0 N–H and O–H groups in total. The number of amides is 1. The zero-order chi connectivity index (χ0) is 15.7. The van der Waals surface area contributed by atoms with Gasteiger partial charge in [0.15, 0.2) is 0 Å². The molecule has 22 heavy (non-hydrogen) atoms. The van der Waals surface area contributed by atoms with E-state index in [1.807, 2.05) is 17.0 Å². The Balaban J connectivity index is 2.08. The molecule has 0 aliphatic carbocycles. The molecular weight excluding hydrogens is 346 g/mol. The number of aromatic nitrogens is 1. The zero-order valence-electron chi connectivity index (χ0n) is 11.9. The second-order valence-corrected chi connectivity index (χ2v) is 6.28. The third-order valence-electron chi connectivity index (χ3n) is 3.93. The van der Waals surface area contributed by atoms with Crippen LogP contribution in [0.5, 0.6) is 0 Å². The fraction of sp³-hybridized carbons (Fsp3) is 0.312. The fourth-order valence-corrected chi connectivity index (χ4v) is 3.15. The van der Waals surface area contributed by atoms with Crippen molar-refractivity contribution in [1.82, 2.24) is 9.47 Å². The lowest BCUT2D eigenvalue weighted by Gasteiger charge is -2.18. The van der Waals surface area contributed by atoms with Crippen LogP contribution < -0.4 is 5.43 Å². The van der Waals surface area contributed by atoms with Gasteiger partial charge in [0.1, 0.15) is 18.2 Å². The van der Waals surface area contributed by atoms with Gasteiger partial charge in [0.2, 0.25) is 11.3 Å². The zero-order valence-corrected chi connectivity index (χ0v) is 13.5. The largest absolute Gasteiger partial charge is 0.341 e. The monoisotopic (exact) mass is 359 g/mol. The molecule has 1 amide bonds.